The van der Waals surface area contributed by atoms with E-state index < -0.39 is 0 Å². The molecule has 0 amide bonds. The van der Waals surface area contributed by atoms with Crippen LogP contribution in [0.4, 0.5) is 0 Å². The zero-order valence-electron chi connectivity index (χ0n) is 27.1. The van der Waals surface area contributed by atoms with Crippen LogP contribution in [0.25, 0.3) is 0 Å². The van der Waals surface area contributed by atoms with Gasteiger partial charge < -0.3 is 0 Å². The van der Waals surface area contributed by atoms with Crippen molar-refractivity contribution in [3.8, 4) is 0 Å². The molecule has 0 aromatic rings. The summed E-state index contributed by atoms with van der Waals surface area (Å²) in [4.78, 5) is 0. The predicted octanol–water partition coefficient (Wildman–Crippen LogP) is 12.4. The van der Waals surface area contributed by atoms with Gasteiger partial charge in [-0.05, 0) is 97.2 Å². The number of rotatable bonds is 16. The fraction of sp³-hybridized carbons (Fsp3) is 0.892. The van der Waals surface area contributed by atoms with E-state index in [2.05, 4.69) is 68.9 Å². The fourth-order valence-corrected chi connectivity index (χ4v) is 8.46. The van der Waals surface area contributed by atoms with Gasteiger partial charge in [-0.15, -0.1) is 0 Å². The summed E-state index contributed by atoms with van der Waals surface area (Å²) >= 11 is 0. The van der Waals surface area contributed by atoms with Gasteiger partial charge in [0, 0.05) is 0 Å². The first-order chi connectivity index (χ1) is 17.4. The normalized spacial score (nSPS) is 29.5. The fourth-order valence-electron chi connectivity index (χ4n) is 8.46. The van der Waals surface area contributed by atoms with Crippen LogP contribution in [0.2, 0.25) is 0 Å². The first-order valence-electron chi connectivity index (χ1n) is 16.8. The molecule has 8 unspecified atom stereocenters. The molecule has 8 atom stereocenters. The molecule has 0 aliphatic heterocycles. The molecule has 2 rings (SSSR count). The van der Waals surface area contributed by atoms with Gasteiger partial charge in [-0.25, -0.2) is 0 Å². The van der Waals surface area contributed by atoms with Crippen molar-refractivity contribution in [1.29, 1.82) is 0 Å². The third-order valence-corrected chi connectivity index (χ3v) is 12.2. The van der Waals surface area contributed by atoms with Crippen LogP contribution in [0.5, 0.6) is 0 Å². The van der Waals surface area contributed by atoms with Gasteiger partial charge in [-0.3, -0.25) is 0 Å². The second-order valence-corrected chi connectivity index (χ2v) is 15.0. The highest BCUT2D eigenvalue weighted by Gasteiger charge is 2.41. The summed E-state index contributed by atoms with van der Waals surface area (Å²) in [5.74, 6) is 5.20. The lowest BCUT2D eigenvalue weighted by molar-refractivity contribution is 0.118. The van der Waals surface area contributed by atoms with E-state index in [4.69, 9.17) is 6.58 Å². The lowest BCUT2D eigenvalue weighted by Gasteiger charge is -2.47. The van der Waals surface area contributed by atoms with Gasteiger partial charge >= 0.3 is 0 Å². The molecular formula is C37H68. The van der Waals surface area contributed by atoms with E-state index in [-0.39, 0.29) is 0 Å². The van der Waals surface area contributed by atoms with Crippen LogP contribution in [-0.2, 0) is 0 Å². The van der Waals surface area contributed by atoms with Crippen LogP contribution in [0.1, 0.15) is 159 Å². The molecule has 0 aromatic heterocycles. The van der Waals surface area contributed by atoms with E-state index in [1.165, 1.54) is 96.3 Å². The number of fused-ring (bicyclic) bond motifs is 1. The summed E-state index contributed by atoms with van der Waals surface area (Å²) in [6.45, 7) is 31.7. The molecule has 0 saturated heterocycles. The van der Waals surface area contributed by atoms with Crippen LogP contribution >= 0.6 is 0 Å². The monoisotopic (exact) mass is 513 g/mol. The molecule has 2 saturated carbocycles. The summed E-state index contributed by atoms with van der Waals surface area (Å²) < 4.78 is 0. The van der Waals surface area contributed by atoms with Crippen molar-refractivity contribution in [1.82, 2.24) is 0 Å². The molecule has 2 aliphatic carbocycles. The van der Waals surface area contributed by atoms with E-state index in [0.29, 0.717) is 22.7 Å². The Morgan fingerprint density at radius 1 is 0.757 bits per heavy atom. The Hall–Kier alpha value is -0.520. The standard InChI is InChI=1S/C37H68/c1-12-24-37(11,26-16-18-27(3)4)28(5)19-17-25-36(10,13-2)29(6)22-23-33-30(7)31(8)34-20-14-15-21-35(34)32(33)9/h27-30,33-35H,8-9,12-26H2,1-7,10-11H3. The number of hydrogen-bond donors (Lipinski definition) is 0. The third-order valence-electron chi connectivity index (χ3n) is 12.2. The molecule has 0 spiro atoms. The summed E-state index contributed by atoms with van der Waals surface area (Å²) in [5.41, 5.74) is 4.14. The maximum atomic E-state index is 4.72. The first kappa shape index (κ1) is 32.7. The molecule has 0 heteroatoms. The molecule has 0 nitrogen and oxygen atoms in total. The van der Waals surface area contributed by atoms with Gasteiger partial charge in [0.1, 0.15) is 0 Å². The first-order valence-corrected chi connectivity index (χ1v) is 16.8. The quantitative estimate of drug-likeness (QED) is 0.180. The van der Waals surface area contributed by atoms with Gasteiger partial charge in [-0.1, -0.05) is 138 Å². The minimum absolute atomic E-state index is 0.460. The van der Waals surface area contributed by atoms with Crippen molar-refractivity contribution in [2.45, 2.75) is 159 Å². The van der Waals surface area contributed by atoms with Crippen molar-refractivity contribution in [3.05, 3.63) is 24.3 Å². The number of allylic oxidation sites excluding steroid dienone is 2. The highest BCUT2D eigenvalue weighted by Crippen LogP contribution is 2.52. The van der Waals surface area contributed by atoms with Gasteiger partial charge in [0.2, 0.25) is 0 Å². The van der Waals surface area contributed by atoms with Crippen molar-refractivity contribution in [2.75, 3.05) is 0 Å². The maximum Gasteiger partial charge on any atom is -0.0137 e. The highest BCUT2D eigenvalue weighted by molar-refractivity contribution is 5.26. The van der Waals surface area contributed by atoms with E-state index >= 15 is 0 Å². The minimum atomic E-state index is 0.460. The molecule has 0 bridgehead atoms. The van der Waals surface area contributed by atoms with Crippen molar-refractivity contribution in [2.24, 2.45) is 52.3 Å². The van der Waals surface area contributed by atoms with Gasteiger partial charge in [0.25, 0.3) is 0 Å². The average Bonchev–Trinajstić information content (AvgIpc) is 2.86. The third kappa shape index (κ3) is 8.48. The molecule has 0 radical (unpaired) electrons. The lowest BCUT2D eigenvalue weighted by Crippen LogP contribution is -2.37. The Kier molecular flexibility index (Phi) is 13.0. The highest BCUT2D eigenvalue weighted by atomic mass is 14.5. The van der Waals surface area contributed by atoms with E-state index in [9.17, 15) is 0 Å². The molecule has 0 heterocycles. The largest absolute Gasteiger partial charge is 0.0993 e. The summed E-state index contributed by atoms with van der Waals surface area (Å²) in [5, 5.41) is 0. The van der Waals surface area contributed by atoms with Crippen LogP contribution in [0, 0.1) is 52.3 Å². The molecule has 37 heavy (non-hydrogen) atoms. The van der Waals surface area contributed by atoms with Crippen molar-refractivity contribution >= 4 is 0 Å². The molecule has 216 valence electrons. The topological polar surface area (TPSA) is 0 Å². The SMILES string of the molecule is C=C1C(C)C(CCC(C)C(C)(CC)CCCC(C)C(C)(CCC)CCCC(C)C)C(=C)C2CCCCC12. The van der Waals surface area contributed by atoms with Crippen LogP contribution in [-0.4, -0.2) is 0 Å². The minimum Gasteiger partial charge on any atom is -0.0993 e. The molecule has 0 N–H and O–H groups in total. The lowest BCUT2D eigenvalue weighted by atomic mass is 9.58. The average molecular weight is 513 g/mol. The zero-order chi connectivity index (χ0) is 27.8. The molecule has 2 aliphatic rings. The summed E-state index contributed by atoms with van der Waals surface area (Å²) in [6.07, 6.45) is 20.6. The van der Waals surface area contributed by atoms with E-state index in [1.807, 2.05) is 0 Å². The predicted molar refractivity (Wildman–Crippen MR) is 168 cm³/mol. The zero-order valence-corrected chi connectivity index (χ0v) is 27.1. The molecular weight excluding hydrogens is 444 g/mol. The van der Waals surface area contributed by atoms with Gasteiger partial charge in [-0.2, -0.15) is 0 Å². The Labute approximate surface area is 234 Å². The maximum absolute atomic E-state index is 4.72. The van der Waals surface area contributed by atoms with E-state index in [1.54, 1.807) is 11.1 Å². The Balaban J connectivity index is 1.91. The summed E-state index contributed by atoms with van der Waals surface area (Å²) in [7, 11) is 0. The van der Waals surface area contributed by atoms with Crippen LogP contribution in [0.3, 0.4) is 0 Å². The summed E-state index contributed by atoms with van der Waals surface area (Å²) in [6, 6.07) is 0. The van der Waals surface area contributed by atoms with E-state index in [0.717, 1.165) is 29.6 Å². The van der Waals surface area contributed by atoms with Crippen LogP contribution < -0.4 is 0 Å². The molecule has 0 aromatic carbocycles. The van der Waals surface area contributed by atoms with Crippen LogP contribution in [0.15, 0.2) is 24.3 Å². The molecule has 2 fully saturated rings. The number of hydrogen-bond acceptors (Lipinski definition) is 0. The van der Waals surface area contributed by atoms with Crippen molar-refractivity contribution < 1.29 is 0 Å². The van der Waals surface area contributed by atoms with Gasteiger partial charge in [0.15, 0.2) is 0 Å². The Morgan fingerprint density at radius 3 is 1.86 bits per heavy atom. The second-order valence-electron chi connectivity index (χ2n) is 15.0. The van der Waals surface area contributed by atoms with Gasteiger partial charge in [0.05, 0.1) is 0 Å². The van der Waals surface area contributed by atoms with Crippen molar-refractivity contribution in [3.63, 3.8) is 0 Å². The smallest absolute Gasteiger partial charge is 0.0137 e. The Bertz CT molecular complexity index is 699. The second kappa shape index (κ2) is 14.7. The Morgan fingerprint density at radius 2 is 1.30 bits per heavy atom.